The van der Waals surface area contributed by atoms with Crippen LogP contribution in [0.25, 0.3) is 0 Å². The second-order valence-electron chi connectivity index (χ2n) is 4.62. The van der Waals surface area contributed by atoms with Gasteiger partial charge in [-0.15, -0.1) is 0 Å². The normalized spacial score (nSPS) is 22.7. The standard InChI is InChI=1S/C13H13ClN2O/c1-7-4-11(13-12(15)6-17-16-13)9-3-2-8(14)5-10(7)9/h2-3,5-7,11H,4,15H2,1H3. The van der Waals surface area contributed by atoms with Crippen LogP contribution in [0, 0.1) is 0 Å². The third kappa shape index (κ3) is 1.62. The van der Waals surface area contributed by atoms with E-state index < -0.39 is 0 Å². The Kier molecular flexibility index (Phi) is 2.37. The van der Waals surface area contributed by atoms with Crippen LogP contribution in [0.2, 0.25) is 5.02 Å². The molecule has 0 saturated carbocycles. The van der Waals surface area contributed by atoms with Crippen LogP contribution >= 0.6 is 11.6 Å². The van der Waals surface area contributed by atoms with E-state index in [1.807, 2.05) is 12.1 Å². The van der Waals surface area contributed by atoms with E-state index in [4.69, 9.17) is 21.9 Å². The molecule has 2 atom stereocenters. The maximum absolute atomic E-state index is 6.03. The van der Waals surface area contributed by atoms with Crippen molar-refractivity contribution in [3.63, 3.8) is 0 Å². The van der Waals surface area contributed by atoms with Crippen molar-refractivity contribution in [2.75, 3.05) is 5.73 Å². The molecule has 0 saturated heterocycles. The Morgan fingerprint density at radius 3 is 2.94 bits per heavy atom. The van der Waals surface area contributed by atoms with Crippen molar-refractivity contribution in [3.8, 4) is 0 Å². The lowest BCUT2D eigenvalue weighted by molar-refractivity contribution is 0.407. The van der Waals surface area contributed by atoms with Gasteiger partial charge < -0.3 is 10.3 Å². The first-order valence-electron chi connectivity index (χ1n) is 5.66. The molecular formula is C13H13ClN2O. The molecule has 0 spiro atoms. The lowest BCUT2D eigenvalue weighted by atomic mass is 9.97. The van der Waals surface area contributed by atoms with Crippen molar-refractivity contribution >= 4 is 17.3 Å². The van der Waals surface area contributed by atoms with Crippen LogP contribution in [0.4, 0.5) is 5.69 Å². The highest BCUT2D eigenvalue weighted by Gasteiger charge is 2.32. The van der Waals surface area contributed by atoms with Gasteiger partial charge in [0, 0.05) is 10.9 Å². The second kappa shape index (κ2) is 3.77. The zero-order valence-corrected chi connectivity index (χ0v) is 10.2. The van der Waals surface area contributed by atoms with Gasteiger partial charge in [0.05, 0.1) is 5.69 Å². The van der Waals surface area contributed by atoms with Gasteiger partial charge in [-0.1, -0.05) is 29.7 Å². The molecular weight excluding hydrogens is 236 g/mol. The van der Waals surface area contributed by atoms with Crippen LogP contribution in [0.1, 0.15) is 42.0 Å². The second-order valence-corrected chi connectivity index (χ2v) is 5.05. The molecule has 0 aliphatic heterocycles. The van der Waals surface area contributed by atoms with Gasteiger partial charge in [-0.2, -0.15) is 0 Å². The monoisotopic (exact) mass is 248 g/mol. The SMILES string of the molecule is CC1CC(c2nocc2N)c2ccc(Cl)cc21. The van der Waals surface area contributed by atoms with Crippen molar-refractivity contribution in [2.45, 2.75) is 25.2 Å². The Bertz CT molecular complexity index is 564. The molecule has 1 heterocycles. The summed E-state index contributed by atoms with van der Waals surface area (Å²) < 4.78 is 4.93. The minimum atomic E-state index is 0.232. The number of aromatic nitrogens is 1. The summed E-state index contributed by atoms with van der Waals surface area (Å²) in [5, 5.41) is 4.80. The van der Waals surface area contributed by atoms with Crippen molar-refractivity contribution in [1.29, 1.82) is 0 Å². The van der Waals surface area contributed by atoms with Crippen molar-refractivity contribution in [2.24, 2.45) is 0 Å². The molecule has 0 bridgehead atoms. The zero-order chi connectivity index (χ0) is 12.0. The molecule has 2 N–H and O–H groups in total. The van der Waals surface area contributed by atoms with Crippen molar-refractivity contribution in [3.05, 3.63) is 46.3 Å². The van der Waals surface area contributed by atoms with E-state index in [0.29, 0.717) is 11.6 Å². The topological polar surface area (TPSA) is 52.0 Å². The summed E-state index contributed by atoms with van der Waals surface area (Å²) in [7, 11) is 0. The first-order valence-corrected chi connectivity index (χ1v) is 6.03. The van der Waals surface area contributed by atoms with E-state index in [1.54, 1.807) is 0 Å². The van der Waals surface area contributed by atoms with E-state index in [-0.39, 0.29) is 5.92 Å². The highest BCUT2D eigenvalue weighted by atomic mass is 35.5. The summed E-state index contributed by atoms with van der Waals surface area (Å²) in [6, 6.07) is 6.03. The summed E-state index contributed by atoms with van der Waals surface area (Å²) in [5.41, 5.74) is 9.91. The maximum atomic E-state index is 6.03. The molecule has 88 valence electrons. The molecule has 2 unspecified atom stereocenters. The molecule has 1 aliphatic carbocycles. The summed E-state index contributed by atoms with van der Waals surface area (Å²) in [6.07, 6.45) is 2.50. The molecule has 0 fully saturated rings. The van der Waals surface area contributed by atoms with Crippen LogP contribution in [0.5, 0.6) is 0 Å². The average Bonchev–Trinajstić information content (AvgIpc) is 2.84. The molecule has 3 rings (SSSR count). The third-order valence-electron chi connectivity index (χ3n) is 3.50. The zero-order valence-electron chi connectivity index (χ0n) is 9.48. The Balaban J connectivity index is 2.10. The summed E-state index contributed by atoms with van der Waals surface area (Å²) in [5.74, 6) is 0.709. The molecule has 0 radical (unpaired) electrons. The first kappa shape index (κ1) is 10.7. The Labute approximate surface area is 105 Å². The van der Waals surface area contributed by atoms with Crippen LogP contribution in [-0.2, 0) is 0 Å². The molecule has 3 nitrogen and oxygen atoms in total. The van der Waals surface area contributed by atoms with Gasteiger partial charge >= 0.3 is 0 Å². The minimum absolute atomic E-state index is 0.232. The Hall–Kier alpha value is -1.48. The number of benzene rings is 1. The largest absolute Gasteiger partial charge is 0.395 e. The molecule has 1 aliphatic rings. The van der Waals surface area contributed by atoms with Gasteiger partial charge in [0.25, 0.3) is 0 Å². The van der Waals surface area contributed by atoms with Crippen molar-refractivity contribution < 1.29 is 4.52 Å². The fraction of sp³-hybridized carbons (Fsp3) is 0.308. The number of anilines is 1. The lowest BCUT2D eigenvalue weighted by Crippen LogP contribution is -2.00. The summed E-state index contributed by atoms with van der Waals surface area (Å²) in [4.78, 5) is 0. The Morgan fingerprint density at radius 1 is 1.41 bits per heavy atom. The summed E-state index contributed by atoms with van der Waals surface area (Å²) in [6.45, 7) is 2.20. The molecule has 1 aromatic carbocycles. The molecule has 2 aromatic rings. The molecule has 4 heteroatoms. The maximum Gasteiger partial charge on any atom is 0.147 e. The fourth-order valence-corrected chi connectivity index (χ4v) is 2.85. The van der Waals surface area contributed by atoms with Gasteiger partial charge in [-0.25, -0.2) is 0 Å². The van der Waals surface area contributed by atoms with Crippen LogP contribution in [0.3, 0.4) is 0 Å². The van der Waals surface area contributed by atoms with E-state index in [9.17, 15) is 0 Å². The summed E-state index contributed by atoms with van der Waals surface area (Å²) >= 11 is 6.03. The number of hydrogen-bond acceptors (Lipinski definition) is 3. The molecule has 1 aromatic heterocycles. The van der Waals surface area contributed by atoms with E-state index in [0.717, 1.165) is 17.1 Å². The van der Waals surface area contributed by atoms with Gasteiger partial charge in [0.15, 0.2) is 0 Å². The van der Waals surface area contributed by atoms with E-state index in [1.165, 1.54) is 17.4 Å². The Morgan fingerprint density at radius 2 is 2.24 bits per heavy atom. The molecule has 0 amide bonds. The van der Waals surface area contributed by atoms with Crippen LogP contribution in [-0.4, -0.2) is 5.16 Å². The number of halogens is 1. The van der Waals surface area contributed by atoms with Gasteiger partial charge in [-0.05, 0) is 35.6 Å². The highest BCUT2D eigenvalue weighted by Crippen LogP contribution is 2.46. The quantitative estimate of drug-likeness (QED) is 0.840. The number of nitrogens with zero attached hydrogens (tertiary/aromatic N) is 1. The predicted molar refractivity (Wildman–Crippen MR) is 67.2 cm³/mol. The smallest absolute Gasteiger partial charge is 0.147 e. The van der Waals surface area contributed by atoms with Gasteiger partial charge in [0.2, 0.25) is 0 Å². The van der Waals surface area contributed by atoms with Crippen molar-refractivity contribution in [1.82, 2.24) is 5.16 Å². The van der Waals surface area contributed by atoms with Crippen LogP contribution < -0.4 is 5.73 Å². The van der Waals surface area contributed by atoms with E-state index in [2.05, 4.69) is 18.1 Å². The molecule has 17 heavy (non-hydrogen) atoms. The van der Waals surface area contributed by atoms with E-state index >= 15 is 0 Å². The number of hydrogen-bond donors (Lipinski definition) is 1. The number of nitrogens with two attached hydrogens (primary N) is 1. The van der Waals surface area contributed by atoms with Gasteiger partial charge in [0.1, 0.15) is 12.0 Å². The predicted octanol–water partition coefficient (Wildman–Crippen LogP) is 3.55. The number of fused-ring (bicyclic) bond motifs is 1. The fourth-order valence-electron chi connectivity index (χ4n) is 2.67. The number of rotatable bonds is 1. The van der Waals surface area contributed by atoms with Crippen LogP contribution in [0.15, 0.2) is 29.0 Å². The van der Waals surface area contributed by atoms with Gasteiger partial charge in [-0.3, -0.25) is 0 Å². The lowest BCUT2D eigenvalue weighted by Gasteiger charge is -2.08. The minimum Gasteiger partial charge on any atom is -0.395 e. The number of nitrogen functional groups attached to an aromatic ring is 1. The highest BCUT2D eigenvalue weighted by molar-refractivity contribution is 6.30. The first-order chi connectivity index (χ1) is 8.16. The third-order valence-corrected chi connectivity index (χ3v) is 3.74. The average molecular weight is 249 g/mol.